The number of rotatable bonds is 2. The number of fused-ring (bicyclic) bond motifs is 1. The largest absolute Gasteiger partial charge is 0.368 e. The topological polar surface area (TPSA) is 55.0 Å². The minimum Gasteiger partial charge on any atom is -0.368 e. The Morgan fingerprint density at radius 2 is 1.95 bits per heavy atom. The van der Waals surface area contributed by atoms with Crippen LogP contribution in [-0.4, -0.2) is 23.1 Å². The van der Waals surface area contributed by atoms with Crippen LogP contribution in [0.2, 0.25) is 0 Å². The van der Waals surface area contributed by atoms with Crippen LogP contribution in [0.1, 0.15) is 37.5 Å². The molecule has 3 rings (SSSR count). The van der Waals surface area contributed by atoms with E-state index in [0.29, 0.717) is 12.0 Å². The first-order valence-electron chi connectivity index (χ1n) is 7.31. The predicted molar refractivity (Wildman–Crippen MR) is 86.4 cm³/mol. The molecule has 1 saturated carbocycles. The van der Waals surface area contributed by atoms with E-state index in [1.54, 1.807) is 11.3 Å². The SMILES string of the molecule is Cc1cc2c(N(C)C3CCC(C)CC3)nc(N)nc2s1. The normalized spacial score (nSPS) is 23.1. The lowest BCUT2D eigenvalue weighted by Gasteiger charge is -2.34. The maximum atomic E-state index is 5.88. The van der Waals surface area contributed by atoms with Gasteiger partial charge in [-0.05, 0) is 44.6 Å². The van der Waals surface area contributed by atoms with Crippen molar-refractivity contribution in [3.8, 4) is 0 Å². The van der Waals surface area contributed by atoms with Crippen LogP contribution in [0.3, 0.4) is 0 Å². The number of nitrogens with zero attached hydrogens (tertiary/aromatic N) is 3. The molecule has 0 atom stereocenters. The predicted octanol–water partition coefficient (Wildman–Crippen LogP) is 3.60. The van der Waals surface area contributed by atoms with Gasteiger partial charge in [-0.15, -0.1) is 11.3 Å². The number of anilines is 2. The third kappa shape index (κ3) is 2.46. The van der Waals surface area contributed by atoms with E-state index in [4.69, 9.17) is 5.73 Å². The third-order valence-corrected chi connectivity index (χ3v) is 5.32. The van der Waals surface area contributed by atoms with Gasteiger partial charge in [0.25, 0.3) is 0 Å². The molecule has 1 fully saturated rings. The summed E-state index contributed by atoms with van der Waals surface area (Å²) in [7, 11) is 2.15. The van der Waals surface area contributed by atoms with Gasteiger partial charge >= 0.3 is 0 Å². The molecule has 2 N–H and O–H groups in total. The number of hydrogen-bond acceptors (Lipinski definition) is 5. The Labute approximate surface area is 124 Å². The van der Waals surface area contributed by atoms with Gasteiger partial charge < -0.3 is 10.6 Å². The van der Waals surface area contributed by atoms with E-state index in [0.717, 1.165) is 22.0 Å². The molecule has 4 nitrogen and oxygen atoms in total. The fourth-order valence-electron chi connectivity index (χ4n) is 3.11. The van der Waals surface area contributed by atoms with Crippen LogP contribution in [0.4, 0.5) is 11.8 Å². The van der Waals surface area contributed by atoms with Gasteiger partial charge in [-0.25, -0.2) is 4.98 Å². The molecule has 2 heterocycles. The van der Waals surface area contributed by atoms with Crippen molar-refractivity contribution in [2.24, 2.45) is 5.92 Å². The van der Waals surface area contributed by atoms with E-state index in [1.165, 1.54) is 30.6 Å². The van der Waals surface area contributed by atoms with Gasteiger partial charge in [0.05, 0.1) is 5.39 Å². The van der Waals surface area contributed by atoms with E-state index in [1.807, 2.05) is 0 Å². The molecule has 0 saturated heterocycles. The molecule has 2 aromatic heterocycles. The summed E-state index contributed by atoms with van der Waals surface area (Å²) < 4.78 is 0. The molecule has 0 amide bonds. The first-order chi connectivity index (χ1) is 9.54. The molecule has 0 unspecified atom stereocenters. The zero-order valence-electron chi connectivity index (χ0n) is 12.4. The number of nitrogen functional groups attached to an aromatic ring is 1. The van der Waals surface area contributed by atoms with Gasteiger partial charge in [-0.1, -0.05) is 6.92 Å². The summed E-state index contributed by atoms with van der Waals surface area (Å²) in [4.78, 5) is 13.4. The summed E-state index contributed by atoms with van der Waals surface area (Å²) in [5.41, 5.74) is 5.88. The molecule has 0 spiro atoms. The lowest BCUT2D eigenvalue weighted by Crippen LogP contribution is -2.35. The molecule has 0 aliphatic heterocycles. The van der Waals surface area contributed by atoms with Crippen molar-refractivity contribution in [1.82, 2.24) is 9.97 Å². The van der Waals surface area contributed by atoms with Crippen molar-refractivity contribution in [1.29, 1.82) is 0 Å². The molecular weight excluding hydrogens is 268 g/mol. The van der Waals surface area contributed by atoms with Gasteiger partial charge in [0.15, 0.2) is 0 Å². The van der Waals surface area contributed by atoms with Crippen LogP contribution >= 0.6 is 11.3 Å². The lowest BCUT2D eigenvalue weighted by molar-refractivity contribution is 0.340. The number of aromatic nitrogens is 2. The van der Waals surface area contributed by atoms with Crippen molar-refractivity contribution >= 4 is 33.3 Å². The summed E-state index contributed by atoms with van der Waals surface area (Å²) in [6, 6.07) is 2.75. The summed E-state index contributed by atoms with van der Waals surface area (Å²) in [5, 5.41) is 1.14. The van der Waals surface area contributed by atoms with Crippen LogP contribution in [0.15, 0.2) is 6.07 Å². The van der Waals surface area contributed by atoms with Gasteiger partial charge in [0.2, 0.25) is 5.95 Å². The fourth-order valence-corrected chi connectivity index (χ4v) is 4.00. The van der Waals surface area contributed by atoms with Gasteiger partial charge in [0.1, 0.15) is 10.6 Å². The second-order valence-electron chi connectivity index (χ2n) is 6.01. The van der Waals surface area contributed by atoms with Crippen LogP contribution in [-0.2, 0) is 0 Å². The highest BCUT2D eigenvalue weighted by Crippen LogP contribution is 2.34. The van der Waals surface area contributed by atoms with Crippen LogP contribution < -0.4 is 10.6 Å². The number of hydrogen-bond donors (Lipinski definition) is 1. The average Bonchev–Trinajstić information content (AvgIpc) is 2.78. The quantitative estimate of drug-likeness (QED) is 0.918. The van der Waals surface area contributed by atoms with Crippen molar-refractivity contribution in [2.75, 3.05) is 17.7 Å². The Hall–Kier alpha value is -1.36. The van der Waals surface area contributed by atoms with Crippen LogP contribution in [0, 0.1) is 12.8 Å². The van der Waals surface area contributed by atoms with Gasteiger partial charge in [-0.2, -0.15) is 4.98 Å². The number of aryl methyl sites for hydroxylation is 1. The smallest absolute Gasteiger partial charge is 0.223 e. The second kappa shape index (κ2) is 5.20. The van der Waals surface area contributed by atoms with Crippen molar-refractivity contribution in [3.63, 3.8) is 0 Å². The van der Waals surface area contributed by atoms with E-state index in [9.17, 15) is 0 Å². The third-order valence-electron chi connectivity index (χ3n) is 4.38. The minimum atomic E-state index is 0.380. The summed E-state index contributed by atoms with van der Waals surface area (Å²) >= 11 is 1.69. The molecular formula is C15H22N4S. The van der Waals surface area contributed by atoms with Crippen molar-refractivity contribution in [3.05, 3.63) is 10.9 Å². The Kier molecular flexibility index (Phi) is 3.54. The molecule has 2 aromatic rings. The number of thiophene rings is 1. The Bertz CT molecular complexity index is 614. The Balaban J connectivity index is 1.96. The molecule has 0 aromatic carbocycles. The van der Waals surface area contributed by atoms with Crippen LogP contribution in [0.25, 0.3) is 10.2 Å². The second-order valence-corrected chi connectivity index (χ2v) is 7.24. The molecule has 1 aliphatic rings. The van der Waals surface area contributed by atoms with E-state index in [2.05, 4.69) is 41.8 Å². The number of nitrogens with two attached hydrogens (primary N) is 1. The highest BCUT2D eigenvalue weighted by atomic mass is 32.1. The van der Waals surface area contributed by atoms with Crippen molar-refractivity contribution < 1.29 is 0 Å². The molecule has 108 valence electrons. The summed E-state index contributed by atoms with van der Waals surface area (Å²) in [6.07, 6.45) is 5.10. The molecule has 0 bridgehead atoms. The lowest BCUT2D eigenvalue weighted by atomic mass is 9.87. The van der Waals surface area contributed by atoms with Gasteiger partial charge in [-0.3, -0.25) is 0 Å². The van der Waals surface area contributed by atoms with E-state index >= 15 is 0 Å². The average molecular weight is 290 g/mol. The molecule has 1 aliphatic carbocycles. The first-order valence-corrected chi connectivity index (χ1v) is 8.12. The molecule has 0 radical (unpaired) electrons. The monoisotopic (exact) mass is 290 g/mol. The van der Waals surface area contributed by atoms with Gasteiger partial charge in [0, 0.05) is 18.0 Å². The standard InChI is InChI=1S/C15H22N4S/c1-9-4-6-11(7-5-9)19(3)13-12-8-10(2)20-14(12)18-15(16)17-13/h8-9,11H,4-7H2,1-3H3,(H2,16,17,18). The fraction of sp³-hybridized carbons (Fsp3) is 0.600. The van der Waals surface area contributed by atoms with E-state index in [-0.39, 0.29) is 0 Å². The highest BCUT2D eigenvalue weighted by molar-refractivity contribution is 7.18. The Morgan fingerprint density at radius 3 is 2.65 bits per heavy atom. The maximum Gasteiger partial charge on any atom is 0.223 e. The highest BCUT2D eigenvalue weighted by Gasteiger charge is 2.24. The summed E-state index contributed by atoms with van der Waals surface area (Å²) in [5.74, 6) is 2.24. The zero-order valence-corrected chi connectivity index (χ0v) is 13.2. The van der Waals surface area contributed by atoms with Crippen molar-refractivity contribution in [2.45, 2.75) is 45.6 Å². The molecule has 5 heteroatoms. The maximum absolute atomic E-state index is 5.88. The summed E-state index contributed by atoms with van der Waals surface area (Å²) in [6.45, 7) is 4.45. The zero-order chi connectivity index (χ0) is 14.3. The van der Waals surface area contributed by atoms with E-state index < -0.39 is 0 Å². The molecule has 20 heavy (non-hydrogen) atoms. The van der Waals surface area contributed by atoms with Crippen LogP contribution in [0.5, 0.6) is 0 Å². The Morgan fingerprint density at radius 1 is 1.25 bits per heavy atom. The first kappa shape index (κ1) is 13.6. The minimum absolute atomic E-state index is 0.380.